The van der Waals surface area contributed by atoms with Crippen molar-refractivity contribution in [3.63, 3.8) is 0 Å². The fourth-order valence-electron chi connectivity index (χ4n) is 2.75. The van der Waals surface area contributed by atoms with Gasteiger partial charge in [-0.25, -0.2) is 4.79 Å². The van der Waals surface area contributed by atoms with Crippen LogP contribution in [0.25, 0.3) is 0 Å². The van der Waals surface area contributed by atoms with E-state index in [2.05, 4.69) is 0 Å². The lowest BCUT2D eigenvalue weighted by molar-refractivity contribution is -0.227. The first-order valence-electron chi connectivity index (χ1n) is 7.47. The number of esters is 1. The summed E-state index contributed by atoms with van der Waals surface area (Å²) in [4.78, 5) is 11.8. The molecule has 1 aromatic rings. The predicted octanol–water partition coefficient (Wildman–Crippen LogP) is 0.442. The third-order valence-electron chi connectivity index (χ3n) is 3.83. The minimum absolute atomic E-state index is 0.293. The van der Waals surface area contributed by atoms with Gasteiger partial charge in [-0.1, -0.05) is 18.2 Å². The average molecular weight is 324 g/mol. The first-order chi connectivity index (χ1) is 10.9. The van der Waals surface area contributed by atoms with E-state index in [-0.39, 0.29) is 6.61 Å². The summed E-state index contributed by atoms with van der Waals surface area (Å²) >= 11 is 0. The maximum absolute atomic E-state index is 11.8. The average Bonchev–Trinajstić information content (AvgIpc) is 2.99. The first-order valence-corrected chi connectivity index (χ1v) is 7.47. The zero-order valence-electron chi connectivity index (χ0n) is 12.9. The number of carbonyl (C=O) groups is 1. The van der Waals surface area contributed by atoms with Crippen LogP contribution in [0.2, 0.25) is 0 Å². The summed E-state index contributed by atoms with van der Waals surface area (Å²) in [6, 6.07) is 8.45. The molecule has 3 rings (SSSR count). The Hall–Kier alpha value is -1.51. The molecule has 2 N–H and O–H groups in total. The molecule has 126 valence electrons. The highest BCUT2D eigenvalue weighted by atomic mass is 16.8. The minimum atomic E-state index is -1.18. The van der Waals surface area contributed by atoms with E-state index in [1.54, 1.807) is 44.2 Å². The molecule has 2 aliphatic rings. The molecule has 0 saturated carbocycles. The molecule has 1 aromatic carbocycles. The number of hydrogen-bond donors (Lipinski definition) is 2. The topological polar surface area (TPSA) is 94.5 Å². The molecule has 0 radical (unpaired) electrons. The highest BCUT2D eigenvalue weighted by Crippen LogP contribution is 2.38. The van der Waals surface area contributed by atoms with Gasteiger partial charge in [-0.05, 0) is 26.0 Å². The standard InChI is InChI=1S/C16H20O7/c1-16(2)22-13-11(18)12(21-15(13)23-16)10(17)8-20-14(19)9-6-4-3-5-7-9/h3-7,10-13,15,17-18H,8H2,1-2H3/t10-,11-,12-,13-,15-/m0/s1. The van der Waals surface area contributed by atoms with E-state index >= 15 is 0 Å². The van der Waals surface area contributed by atoms with Gasteiger partial charge in [-0.3, -0.25) is 0 Å². The zero-order valence-corrected chi connectivity index (χ0v) is 12.9. The van der Waals surface area contributed by atoms with E-state index in [1.165, 1.54) is 0 Å². The van der Waals surface area contributed by atoms with Crippen LogP contribution in [0.15, 0.2) is 30.3 Å². The third kappa shape index (κ3) is 3.39. The molecular weight excluding hydrogens is 304 g/mol. The van der Waals surface area contributed by atoms with E-state index in [9.17, 15) is 15.0 Å². The minimum Gasteiger partial charge on any atom is -0.459 e. The number of hydrogen-bond acceptors (Lipinski definition) is 7. The summed E-state index contributed by atoms with van der Waals surface area (Å²) in [7, 11) is 0. The van der Waals surface area contributed by atoms with Crippen LogP contribution in [0.4, 0.5) is 0 Å². The fourth-order valence-corrected chi connectivity index (χ4v) is 2.75. The van der Waals surface area contributed by atoms with Crippen molar-refractivity contribution in [1.29, 1.82) is 0 Å². The van der Waals surface area contributed by atoms with Gasteiger partial charge in [-0.2, -0.15) is 0 Å². The molecule has 0 aromatic heterocycles. The van der Waals surface area contributed by atoms with Crippen LogP contribution in [0, 0.1) is 0 Å². The number of aliphatic hydroxyl groups is 2. The Balaban J connectivity index is 1.54. The molecule has 0 amide bonds. The molecule has 5 atom stereocenters. The Morgan fingerprint density at radius 1 is 1.30 bits per heavy atom. The largest absolute Gasteiger partial charge is 0.459 e. The summed E-state index contributed by atoms with van der Waals surface area (Å²) in [5.74, 6) is -1.39. The Morgan fingerprint density at radius 2 is 2.00 bits per heavy atom. The zero-order chi connectivity index (χ0) is 16.6. The van der Waals surface area contributed by atoms with E-state index in [0.29, 0.717) is 5.56 Å². The number of ether oxygens (including phenoxy) is 4. The summed E-state index contributed by atoms with van der Waals surface area (Å²) < 4.78 is 21.6. The van der Waals surface area contributed by atoms with Crippen molar-refractivity contribution < 1.29 is 34.0 Å². The maximum atomic E-state index is 11.8. The van der Waals surface area contributed by atoms with E-state index < -0.39 is 42.5 Å². The molecule has 0 bridgehead atoms. The third-order valence-corrected chi connectivity index (χ3v) is 3.83. The Kier molecular flexibility index (Phi) is 4.39. The van der Waals surface area contributed by atoms with Crippen molar-refractivity contribution in [2.24, 2.45) is 0 Å². The SMILES string of the molecule is CC1(C)O[C@@H]2O[C@@H]([C@@H](O)COC(=O)c3ccccc3)[C@H](O)[C@@H]2O1. The van der Waals surface area contributed by atoms with Gasteiger partial charge in [0.25, 0.3) is 0 Å². The van der Waals surface area contributed by atoms with E-state index in [1.807, 2.05) is 0 Å². The van der Waals surface area contributed by atoms with E-state index in [0.717, 1.165) is 0 Å². The molecule has 0 unspecified atom stereocenters. The molecule has 0 spiro atoms. The summed E-state index contributed by atoms with van der Waals surface area (Å²) in [6.07, 6.45) is -4.60. The fraction of sp³-hybridized carbons (Fsp3) is 0.562. The number of carbonyl (C=O) groups excluding carboxylic acids is 1. The van der Waals surface area contributed by atoms with Crippen molar-refractivity contribution in [2.45, 2.75) is 50.3 Å². The lowest BCUT2D eigenvalue weighted by atomic mass is 10.1. The van der Waals surface area contributed by atoms with Crippen molar-refractivity contribution >= 4 is 5.97 Å². The van der Waals surface area contributed by atoms with Crippen molar-refractivity contribution in [1.82, 2.24) is 0 Å². The quantitative estimate of drug-likeness (QED) is 0.776. The molecule has 23 heavy (non-hydrogen) atoms. The van der Waals surface area contributed by atoms with Crippen LogP contribution < -0.4 is 0 Å². The van der Waals surface area contributed by atoms with Gasteiger partial charge in [0.15, 0.2) is 12.1 Å². The Bertz CT molecular complexity index is 559. The predicted molar refractivity (Wildman–Crippen MR) is 77.4 cm³/mol. The van der Waals surface area contributed by atoms with Crippen molar-refractivity contribution in [2.75, 3.05) is 6.61 Å². The lowest BCUT2D eigenvalue weighted by Crippen LogP contribution is -2.43. The number of rotatable bonds is 4. The highest BCUT2D eigenvalue weighted by molar-refractivity contribution is 5.89. The number of aliphatic hydroxyl groups excluding tert-OH is 2. The van der Waals surface area contributed by atoms with Gasteiger partial charge in [0.2, 0.25) is 0 Å². The lowest BCUT2D eigenvalue weighted by Gasteiger charge is -2.25. The van der Waals surface area contributed by atoms with Gasteiger partial charge in [-0.15, -0.1) is 0 Å². The summed E-state index contributed by atoms with van der Waals surface area (Å²) in [5, 5.41) is 20.3. The summed E-state index contributed by atoms with van der Waals surface area (Å²) in [6.45, 7) is 3.14. The smallest absolute Gasteiger partial charge is 0.338 e. The first kappa shape index (κ1) is 16.4. The van der Waals surface area contributed by atoms with Crippen molar-refractivity contribution in [3.8, 4) is 0 Å². The molecule has 2 heterocycles. The second-order valence-electron chi connectivity index (χ2n) is 6.09. The molecule has 2 aliphatic heterocycles. The molecule has 2 fully saturated rings. The number of fused-ring (bicyclic) bond motifs is 1. The second-order valence-corrected chi connectivity index (χ2v) is 6.09. The molecule has 7 nitrogen and oxygen atoms in total. The monoisotopic (exact) mass is 324 g/mol. The van der Waals surface area contributed by atoms with Crippen LogP contribution in [-0.4, -0.2) is 59.3 Å². The normalized spacial score (nSPS) is 33.2. The van der Waals surface area contributed by atoms with Crippen LogP contribution in [0.1, 0.15) is 24.2 Å². The maximum Gasteiger partial charge on any atom is 0.338 e. The van der Waals surface area contributed by atoms with Crippen LogP contribution in [0.3, 0.4) is 0 Å². The van der Waals surface area contributed by atoms with Crippen molar-refractivity contribution in [3.05, 3.63) is 35.9 Å². The Morgan fingerprint density at radius 3 is 2.65 bits per heavy atom. The van der Waals surface area contributed by atoms with Gasteiger partial charge in [0.1, 0.15) is 31.0 Å². The van der Waals surface area contributed by atoms with Gasteiger partial charge >= 0.3 is 5.97 Å². The Labute approximate surface area is 133 Å². The van der Waals surface area contributed by atoms with Gasteiger partial charge in [0, 0.05) is 0 Å². The second kappa shape index (κ2) is 6.18. The van der Waals surface area contributed by atoms with Crippen LogP contribution in [0.5, 0.6) is 0 Å². The van der Waals surface area contributed by atoms with Crippen LogP contribution in [-0.2, 0) is 18.9 Å². The van der Waals surface area contributed by atoms with Gasteiger partial charge in [0.05, 0.1) is 5.56 Å². The molecule has 7 heteroatoms. The highest BCUT2D eigenvalue weighted by Gasteiger charge is 2.56. The number of benzene rings is 1. The molecule has 2 saturated heterocycles. The molecule has 0 aliphatic carbocycles. The van der Waals surface area contributed by atoms with Crippen LogP contribution >= 0.6 is 0 Å². The molecular formula is C16H20O7. The summed E-state index contributed by atoms with van der Waals surface area (Å²) in [5.41, 5.74) is 0.387. The van der Waals surface area contributed by atoms with Gasteiger partial charge < -0.3 is 29.2 Å². The van der Waals surface area contributed by atoms with E-state index in [4.69, 9.17) is 18.9 Å².